The van der Waals surface area contributed by atoms with Crippen LogP contribution < -0.4 is 5.73 Å². The lowest BCUT2D eigenvalue weighted by molar-refractivity contribution is -0.141. The van der Waals surface area contributed by atoms with Gasteiger partial charge in [-0.2, -0.15) is 0 Å². The summed E-state index contributed by atoms with van der Waals surface area (Å²) in [5.41, 5.74) is 5.51. The number of nitrogen functional groups attached to an aromatic ring is 1. The normalized spacial score (nSPS) is 9.76. The van der Waals surface area contributed by atoms with E-state index in [9.17, 15) is 14.0 Å². The first-order chi connectivity index (χ1) is 8.02. The molecule has 0 aliphatic carbocycles. The number of hydrogen-bond acceptors (Lipinski definition) is 5. The Morgan fingerprint density at radius 3 is 2.65 bits per heavy atom. The summed E-state index contributed by atoms with van der Waals surface area (Å²) >= 11 is 0. The lowest BCUT2D eigenvalue weighted by Gasteiger charge is -2.05. The molecule has 0 saturated heterocycles. The van der Waals surface area contributed by atoms with Crippen molar-refractivity contribution in [2.24, 2.45) is 0 Å². The standard InChI is InChI=1S/C11H12FNO4/c1-16-10(14)2-3-17-11(15)7-4-8(12)6-9(13)5-7/h4-6H,2-3,13H2,1H3. The van der Waals surface area contributed by atoms with E-state index in [1.807, 2.05) is 0 Å². The van der Waals surface area contributed by atoms with E-state index in [4.69, 9.17) is 10.5 Å². The van der Waals surface area contributed by atoms with Crippen LogP contribution in [-0.2, 0) is 14.3 Å². The Balaban J connectivity index is 2.55. The Bertz CT molecular complexity index is 413. The van der Waals surface area contributed by atoms with Gasteiger partial charge in [-0.3, -0.25) is 4.79 Å². The van der Waals surface area contributed by atoms with E-state index in [1.54, 1.807) is 0 Å². The van der Waals surface area contributed by atoms with Crippen LogP contribution in [-0.4, -0.2) is 25.7 Å². The first-order valence-electron chi connectivity index (χ1n) is 4.83. The van der Waals surface area contributed by atoms with Crippen molar-refractivity contribution in [1.29, 1.82) is 0 Å². The van der Waals surface area contributed by atoms with E-state index in [-0.39, 0.29) is 24.3 Å². The summed E-state index contributed by atoms with van der Waals surface area (Å²) in [5, 5.41) is 0. The van der Waals surface area contributed by atoms with Crippen molar-refractivity contribution in [3.63, 3.8) is 0 Å². The Hall–Kier alpha value is -2.11. The third-order valence-electron chi connectivity index (χ3n) is 1.92. The highest BCUT2D eigenvalue weighted by molar-refractivity contribution is 5.90. The molecule has 0 saturated carbocycles. The minimum Gasteiger partial charge on any atom is -0.469 e. The molecule has 6 heteroatoms. The Morgan fingerprint density at radius 2 is 2.06 bits per heavy atom. The van der Waals surface area contributed by atoms with Crippen LogP contribution in [0.5, 0.6) is 0 Å². The van der Waals surface area contributed by atoms with Crippen LogP contribution in [0.25, 0.3) is 0 Å². The monoisotopic (exact) mass is 241 g/mol. The second-order valence-corrected chi connectivity index (χ2v) is 3.24. The van der Waals surface area contributed by atoms with Crippen LogP contribution in [0.4, 0.5) is 10.1 Å². The zero-order valence-electron chi connectivity index (χ0n) is 9.23. The maximum Gasteiger partial charge on any atom is 0.338 e. The molecule has 0 aromatic heterocycles. The fraction of sp³-hybridized carbons (Fsp3) is 0.273. The van der Waals surface area contributed by atoms with E-state index in [0.29, 0.717) is 0 Å². The molecule has 92 valence electrons. The molecule has 0 radical (unpaired) electrons. The number of carbonyl (C=O) groups is 2. The quantitative estimate of drug-likeness (QED) is 0.631. The number of nitrogens with two attached hydrogens (primary N) is 1. The molecule has 5 nitrogen and oxygen atoms in total. The van der Waals surface area contributed by atoms with Crippen LogP contribution in [0.15, 0.2) is 18.2 Å². The van der Waals surface area contributed by atoms with Crippen LogP contribution >= 0.6 is 0 Å². The van der Waals surface area contributed by atoms with Crippen LogP contribution in [0.1, 0.15) is 16.8 Å². The number of esters is 2. The summed E-state index contributed by atoms with van der Waals surface area (Å²) < 4.78 is 22.0. The van der Waals surface area contributed by atoms with Gasteiger partial charge in [0.2, 0.25) is 0 Å². The second kappa shape index (κ2) is 5.83. The molecule has 0 heterocycles. The van der Waals surface area contributed by atoms with E-state index in [1.165, 1.54) is 13.2 Å². The molecule has 0 fully saturated rings. The van der Waals surface area contributed by atoms with Gasteiger partial charge in [0.1, 0.15) is 12.4 Å². The molecule has 0 atom stereocenters. The van der Waals surface area contributed by atoms with Gasteiger partial charge in [-0.1, -0.05) is 0 Å². The van der Waals surface area contributed by atoms with Crippen molar-refractivity contribution in [3.8, 4) is 0 Å². The van der Waals surface area contributed by atoms with Crippen molar-refractivity contribution in [1.82, 2.24) is 0 Å². The average Bonchev–Trinajstić information content (AvgIpc) is 2.27. The van der Waals surface area contributed by atoms with E-state index in [0.717, 1.165) is 12.1 Å². The summed E-state index contributed by atoms with van der Waals surface area (Å²) in [6.45, 7) is -0.123. The van der Waals surface area contributed by atoms with E-state index >= 15 is 0 Å². The van der Waals surface area contributed by atoms with Gasteiger partial charge in [-0.05, 0) is 18.2 Å². The number of anilines is 1. The predicted molar refractivity (Wildman–Crippen MR) is 57.7 cm³/mol. The highest BCUT2D eigenvalue weighted by Gasteiger charge is 2.10. The third kappa shape index (κ3) is 4.10. The molecule has 0 spiro atoms. The van der Waals surface area contributed by atoms with Crippen LogP contribution in [0.2, 0.25) is 0 Å². The molecular formula is C11H12FNO4. The van der Waals surface area contributed by atoms with E-state index < -0.39 is 17.8 Å². The number of rotatable bonds is 4. The van der Waals surface area contributed by atoms with Gasteiger partial charge >= 0.3 is 11.9 Å². The van der Waals surface area contributed by atoms with Gasteiger partial charge in [0.05, 0.1) is 19.1 Å². The first kappa shape index (κ1) is 13.0. The van der Waals surface area contributed by atoms with Gasteiger partial charge in [-0.15, -0.1) is 0 Å². The number of methoxy groups -OCH3 is 1. The summed E-state index contributed by atoms with van der Waals surface area (Å²) in [7, 11) is 1.23. The number of benzene rings is 1. The summed E-state index contributed by atoms with van der Waals surface area (Å²) in [6.07, 6.45) is -0.0486. The summed E-state index contributed by atoms with van der Waals surface area (Å²) in [5.74, 6) is -1.85. The Labute approximate surface area is 97.3 Å². The zero-order valence-corrected chi connectivity index (χ0v) is 9.23. The smallest absolute Gasteiger partial charge is 0.338 e. The second-order valence-electron chi connectivity index (χ2n) is 3.24. The lowest BCUT2D eigenvalue weighted by Crippen LogP contribution is -2.11. The maximum atomic E-state index is 12.9. The molecular weight excluding hydrogens is 229 g/mol. The van der Waals surface area contributed by atoms with Gasteiger partial charge in [0, 0.05) is 5.69 Å². The highest BCUT2D eigenvalue weighted by Crippen LogP contribution is 2.11. The molecule has 1 aromatic rings. The van der Waals surface area contributed by atoms with Gasteiger partial charge in [0.25, 0.3) is 0 Å². The third-order valence-corrected chi connectivity index (χ3v) is 1.92. The minimum atomic E-state index is -0.736. The van der Waals surface area contributed by atoms with Crippen LogP contribution in [0.3, 0.4) is 0 Å². The topological polar surface area (TPSA) is 78.6 Å². The van der Waals surface area contributed by atoms with E-state index in [2.05, 4.69) is 4.74 Å². The van der Waals surface area contributed by atoms with Crippen molar-refractivity contribution in [2.45, 2.75) is 6.42 Å². The number of halogens is 1. The molecule has 0 unspecified atom stereocenters. The number of hydrogen-bond donors (Lipinski definition) is 1. The molecule has 1 rings (SSSR count). The van der Waals surface area contributed by atoms with Crippen molar-refractivity contribution < 1.29 is 23.5 Å². The highest BCUT2D eigenvalue weighted by atomic mass is 19.1. The average molecular weight is 241 g/mol. The fourth-order valence-corrected chi connectivity index (χ4v) is 1.14. The largest absolute Gasteiger partial charge is 0.469 e. The molecule has 0 bridgehead atoms. The lowest BCUT2D eigenvalue weighted by atomic mass is 10.2. The fourth-order valence-electron chi connectivity index (χ4n) is 1.14. The SMILES string of the molecule is COC(=O)CCOC(=O)c1cc(N)cc(F)c1. The van der Waals surface area contributed by atoms with Gasteiger partial charge in [0.15, 0.2) is 0 Å². The Morgan fingerprint density at radius 1 is 1.35 bits per heavy atom. The summed E-state index contributed by atoms with van der Waals surface area (Å²) in [6, 6.07) is 3.39. The first-order valence-corrected chi connectivity index (χ1v) is 4.83. The van der Waals surface area contributed by atoms with Crippen molar-refractivity contribution >= 4 is 17.6 Å². The minimum absolute atomic E-state index is 0.00682. The molecule has 2 N–H and O–H groups in total. The van der Waals surface area contributed by atoms with Crippen LogP contribution in [0, 0.1) is 5.82 Å². The molecule has 17 heavy (non-hydrogen) atoms. The summed E-state index contributed by atoms with van der Waals surface area (Å²) in [4.78, 5) is 22.2. The molecule has 0 aliphatic rings. The molecule has 0 aliphatic heterocycles. The van der Waals surface area contributed by atoms with Gasteiger partial charge < -0.3 is 15.2 Å². The van der Waals surface area contributed by atoms with Gasteiger partial charge in [-0.25, -0.2) is 9.18 Å². The number of ether oxygens (including phenoxy) is 2. The predicted octanol–water partition coefficient (Wildman–Crippen LogP) is 1.13. The van der Waals surface area contributed by atoms with Crippen molar-refractivity contribution in [3.05, 3.63) is 29.6 Å². The molecule has 0 amide bonds. The zero-order chi connectivity index (χ0) is 12.8. The number of carbonyl (C=O) groups excluding carboxylic acids is 2. The van der Waals surface area contributed by atoms with Crippen molar-refractivity contribution in [2.75, 3.05) is 19.5 Å². The maximum absolute atomic E-state index is 12.9. The Kier molecular flexibility index (Phi) is 4.45. The molecule has 1 aromatic carbocycles.